The van der Waals surface area contributed by atoms with Crippen molar-refractivity contribution in [2.24, 2.45) is 23.7 Å². The lowest BCUT2D eigenvalue weighted by Crippen LogP contribution is -2.21. The number of hydrogen-bond donors (Lipinski definition) is 0. The number of rotatable bonds is 1. The van der Waals surface area contributed by atoms with Crippen LogP contribution in [0.3, 0.4) is 0 Å². The molecule has 0 saturated heterocycles. The van der Waals surface area contributed by atoms with E-state index in [1.54, 1.807) is 0 Å². The maximum Gasteiger partial charge on any atom is 0.0481 e. The van der Waals surface area contributed by atoms with Crippen LogP contribution in [-0.2, 0) is 0 Å². The molecular weight excluding hydrogens is 175 g/mol. The zero-order valence-corrected chi connectivity index (χ0v) is 10.9. The molecule has 1 fully saturated rings. The Balaban J connectivity index is 2.88. The van der Waals surface area contributed by atoms with Gasteiger partial charge in [-0.3, -0.25) is 0 Å². The summed E-state index contributed by atoms with van der Waals surface area (Å²) in [7, 11) is -0.900. The van der Waals surface area contributed by atoms with Gasteiger partial charge in [0.15, 0.2) is 0 Å². The van der Waals surface area contributed by atoms with Gasteiger partial charge in [-0.2, -0.15) is 6.66 Å². The molecule has 0 radical (unpaired) electrons. The topological polar surface area (TPSA) is 0 Å². The van der Waals surface area contributed by atoms with Crippen molar-refractivity contribution >= 4 is 7.26 Å². The van der Waals surface area contributed by atoms with E-state index in [9.17, 15) is 0 Å². The molecule has 0 aromatic carbocycles. The molecule has 0 aliphatic heterocycles. The van der Waals surface area contributed by atoms with E-state index in [1.807, 2.05) is 0 Å². The first-order valence-electron chi connectivity index (χ1n) is 5.44. The molecule has 0 amide bonds. The minimum Gasteiger partial charge on any atom is -0.180 e. The van der Waals surface area contributed by atoms with Crippen LogP contribution in [0.4, 0.5) is 0 Å². The van der Waals surface area contributed by atoms with Gasteiger partial charge in [-0.15, -0.1) is 7.26 Å². The highest BCUT2D eigenvalue weighted by Gasteiger charge is 2.47. The molecule has 0 nitrogen and oxygen atoms in total. The van der Waals surface area contributed by atoms with Crippen LogP contribution in [0, 0.1) is 30.3 Å². The standard InChI is InChI=1S/C12H25P/c1-8-9(2)11(4)12(10(8)3)13(5,6)7/h8-12H,5H2,1-4,6-7H3. The largest absolute Gasteiger partial charge is 0.180 e. The fourth-order valence-electron chi connectivity index (χ4n) is 3.33. The van der Waals surface area contributed by atoms with Gasteiger partial charge in [-0.05, 0) is 23.7 Å². The molecule has 13 heavy (non-hydrogen) atoms. The molecule has 1 heteroatoms. The smallest absolute Gasteiger partial charge is 0.0481 e. The van der Waals surface area contributed by atoms with Crippen molar-refractivity contribution < 1.29 is 0 Å². The summed E-state index contributed by atoms with van der Waals surface area (Å²) in [6.45, 7) is 18.9. The maximum atomic E-state index is 4.43. The van der Waals surface area contributed by atoms with Crippen LogP contribution in [0.25, 0.3) is 0 Å². The van der Waals surface area contributed by atoms with Crippen molar-refractivity contribution in [3.8, 4) is 0 Å². The summed E-state index contributed by atoms with van der Waals surface area (Å²) in [5, 5.41) is 0. The molecule has 0 heterocycles. The Morgan fingerprint density at radius 2 is 1.08 bits per heavy atom. The fourth-order valence-corrected chi connectivity index (χ4v) is 6.42. The molecule has 4 unspecified atom stereocenters. The summed E-state index contributed by atoms with van der Waals surface area (Å²) in [6.07, 6.45) is 0. The Morgan fingerprint density at radius 3 is 1.23 bits per heavy atom. The van der Waals surface area contributed by atoms with E-state index in [0.29, 0.717) is 0 Å². The quantitative estimate of drug-likeness (QED) is 0.443. The second kappa shape index (κ2) is 3.54. The van der Waals surface area contributed by atoms with Crippen molar-refractivity contribution in [2.75, 3.05) is 13.3 Å². The van der Waals surface area contributed by atoms with Crippen LogP contribution < -0.4 is 0 Å². The van der Waals surface area contributed by atoms with Crippen molar-refractivity contribution in [2.45, 2.75) is 33.4 Å². The van der Waals surface area contributed by atoms with Crippen LogP contribution in [0.5, 0.6) is 0 Å². The Labute approximate surface area is 84.8 Å². The molecule has 0 N–H and O–H groups in total. The molecule has 78 valence electrons. The maximum absolute atomic E-state index is 4.43. The third kappa shape index (κ3) is 1.94. The fraction of sp³-hybridized carbons (Fsp3) is 0.917. The normalized spacial score (nSPS) is 46.8. The van der Waals surface area contributed by atoms with E-state index in [0.717, 1.165) is 29.3 Å². The minimum absolute atomic E-state index is 0.880. The summed E-state index contributed by atoms with van der Waals surface area (Å²) < 4.78 is 0. The van der Waals surface area contributed by atoms with Crippen molar-refractivity contribution in [3.63, 3.8) is 0 Å². The van der Waals surface area contributed by atoms with Crippen LogP contribution in [-0.4, -0.2) is 19.0 Å². The molecule has 1 rings (SSSR count). The summed E-state index contributed by atoms with van der Waals surface area (Å²) in [5.74, 6) is 3.54. The van der Waals surface area contributed by atoms with Gasteiger partial charge in [-0.25, -0.2) is 0 Å². The third-order valence-electron chi connectivity index (χ3n) is 4.37. The highest BCUT2D eigenvalue weighted by Crippen LogP contribution is 2.65. The van der Waals surface area contributed by atoms with Gasteiger partial charge in [-0.1, -0.05) is 27.7 Å². The van der Waals surface area contributed by atoms with Gasteiger partial charge in [0, 0.05) is 19.0 Å². The van der Waals surface area contributed by atoms with Crippen molar-refractivity contribution in [3.05, 3.63) is 6.66 Å². The van der Waals surface area contributed by atoms with Gasteiger partial charge in [0.1, 0.15) is 0 Å². The molecule has 0 bridgehead atoms. The average Bonchev–Trinajstić information content (AvgIpc) is 2.14. The summed E-state index contributed by atoms with van der Waals surface area (Å²) in [5.41, 5.74) is 0.900. The first-order valence-corrected chi connectivity index (χ1v) is 8.38. The van der Waals surface area contributed by atoms with E-state index in [-0.39, 0.29) is 0 Å². The lowest BCUT2D eigenvalue weighted by Gasteiger charge is -2.34. The van der Waals surface area contributed by atoms with Crippen LogP contribution in [0.2, 0.25) is 0 Å². The predicted molar refractivity (Wildman–Crippen MR) is 64.6 cm³/mol. The predicted octanol–water partition coefficient (Wildman–Crippen LogP) is 3.98. The molecule has 1 aliphatic rings. The van der Waals surface area contributed by atoms with E-state index in [1.165, 1.54) is 0 Å². The molecule has 0 spiro atoms. The lowest BCUT2D eigenvalue weighted by molar-refractivity contribution is 0.352. The Bertz CT molecular complexity index is 166. The first kappa shape index (κ1) is 11.5. The van der Waals surface area contributed by atoms with Gasteiger partial charge >= 0.3 is 0 Å². The average molecular weight is 200 g/mol. The lowest BCUT2D eigenvalue weighted by atomic mass is 9.92. The van der Waals surface area contributed by atoms with E-state index >= 15 is 0 Å². The van der Waals surface area contributed by atoms with Crippen LogP contribution >= 0.6 is 7.26 Å². The van der Waals surface area contributed by atoms with E-state index in [4.69, 9.17) is 0 Å². The zero-order chi connectivity index (χ0) is 10.4. The first-order chi connectivity index (χ1) is 5.76. The highest BCUT2D eigenvalue weighted by molar-refractivity contribution is 7.76. The third-order valence-corrected chi connectivity index (χ3v) is 6.93. The van der Waals surface area contributed by atoms with Gasteiger partial charge in [0.05, 0.1) is 0 Å². The van der Waals surface area contributed by atoms with Crippen molar-refractivity contribution in [1.29, 1.82) is 0 Å². The Morgan fingerprint density at radius 1 is 0.769 bits per heavy atom. The monoisotopic (exact) mass is 200 g/mol. The summed E-state index contributed by atoms with van der Waals surface area (Å²) in [6, 6.07) is 0. The molecule has 1 saturated carbocycles. The molecule has 4 atom stereocenters. The highest BCUT2D eigenvalue weighted by atomic mass is 31.2. The number of hydrogen-bond acceptors (Lipinski definition) is 0. The van der Waals surface area contributed by atoms with Gasteiger partial charge in [0.2, 0.25) is 0 Å². The van der Waals surface area contributed by atoms with E-state index in [2.05, 4.69) is 47.7 Å². The van der Waals surface area contributed by atoms with Crippen molar-refractivity contribution in [1.82, 2.24) is 0 Å². The Kier molecular flexibility index (Phi) is 3.13. The molecule has 0 aromatic heterocycles. The van der Waals surface area contributed by atoms with Crippen LogP contribution in [0.1, 0.15) is 27.7 Å². The Hall–Kier alpha value is 0.430. The van der Waals surface area contributed by atoms with Crippen LogP contribution in [0.15, 0.2) is 0 Å². The molecule has 0 aromatic rings. The second-order valence-corrected chi connectivity index (χ2v) is 9.86. The minimum atomic E-state index is -0.900. The molecular formula is C12H25P. The second-order valence-electron chi connectivity index (χ2n) is 5.71. The van der Waals surface area contributed by atoms with Gasteiger partial charge in [0.25, 0.3) is 0 Å². The SMILES string of the molecule is [CH2-][P+](C)(C)C1C(C)C(C)C(C)C1C. The van der Waals surface area contributed by atoms with E-state index < -0.39 is 7.26 Å². The zero-order valence-electron chi connectivity index (χ0n) is 10.0. The summed E-state index contributed by atoms with van der Waals surface area (Å²) in [4.78, 5) is 0. The van der Waals surface area contributed by atoms with Gasteiger partial charge < -0.3 is 0 Å². The summed E-state index contributed by atoms with van der Waals surface area (Å²) >= 11 is 0. The molecule has 1 aliphatic carbocycles.